The highest BCUT2D eigenvalue weighted by atomic mass is 32.1. The van der Waals surface area contributed by atoms with Gasteiger partial charge in [-0.2, -0.15) is 0 Å². The summed E-state index contributed by atoms with van der Waals surface area (Å²) in [4.78, 5) is 12.7. The molecule has 0 aliphatic carbocycles. The number of aliphatic hydroxyl groups excluding tert-OH is 1. The molecular weight excluding hydrogens is 246 g/mol. The fourth-order valence-corrected chi connectivity index (χ4v) is 2.78. The van der Waals surface area contributed by atoms with E-state index in [2.05, 4.69) is 5.32 Å². The number of aliphatic hydroxyl groups is 1. The van der Waals surface area contributed by atoms with E-state index < -0.39 is 0 Å². The van der Waals surface area contributed by atoms with Crippen LogP contribution in [0.5, 0.6) is 0 Å². The van der Waals surface area contributed by atoms with Gasteiger partial charge in [0.15, 0.2) is 0 Å². The lowest BCUT2D eigenvalue weighted by molar-refractivity contribution is 0.0957. The van der Waals surface area contributed by atoms with Crippen molar-refractivity contribution >= 4 is 27.3 Å². The fraction of sp³-hybridized carbons (Fsp3) is 0.357. The van der Waals surface area contributed by atoms with Gasteiger partial charge in [-0.05, 0) is 36.8 Å². The highest BCUT2D eigenvalue weighted by molar-refractivity contribution is 7.20. The largest absolute Gasteiger partial charge is 0.396 e. The van der Waals surface area contributed by atoms with Crippen LogP contribution >= 0.6 is 11.3 Å². The first-order valence-corrected chi connectivity index (χ1v) is 7.00. The second-order valence-electron chi connectivity index (χ2n) is 4.19. The molecule has 1 heterocycles. The molecule has 3 nitrogen and oxygen atoms in total. The van der Waals surface area contributed by atoms with Gasteiger partial charge in [0.1, 0.15) is 0 Å². The Hall–Kier alpha value is -1.39. The van der Waals surface area contributed by atoms with Gasteiger partial charge in [-0.3, -0.25) is 4.79 Å². The molecule has 0 bridgehead atoms. The number of benzene rings is 1. The molecule has 2 rings (SSSR count). The average molecular weight is 263 g/mol. The molecule has 1 aromatic heterocycles. The number of carbonyl (C=O) groups excluding carboxylic acids is 1. The van der Waals surface area contributed by atoms with Crippen LogP contribution in [0.4, 0.5) is 0 Å². The molecule has 0 atom stereocenters. The third-order valence-electron chi connectivity index (χ3n) is 2.77. The molecular formula is C14H17NO2S. The quantitative estimate of drug-likeness (QED) is 0.787. The molecule has 18 heavy (non-hydrogen) atoms. The third-order valence-corrected chi connectivity index (χ3v) is 3.88. The SMILES string of the molecule is O=C(NCCCCCO)c1cc2ccccc2s1. The number of amides is 1. The van der Waals surface area contributed by atoms with Crippen molar-refractivity contribution in [1.82, 2.24) is 5.32 Å². The van der Waals surface area contributed by atoms with Crippen molar-refractivity contribution in [2.75, 3.05) is 13.2 Å². The molecule has 0 radical (unpaired) electrons. The molecule has 0 fully saturated rings. The molecule has 0 saturated heterocycles. The van der Waals surface area contributed by atoms with Crippen molar-refractivity contribution in [2.24, 2.45) is 0 Å². The van der Waals surface area contributed by atoms with E-state index in [0.29, 0.717) is 6.54 Å². The molecule has 4 heteroatoms. The van der Waals surface area contributed by atoms with E-state index >= 15 is 0 Å². The summed E-state index contributed by atoms with van der Waals surface area (Å²) in [5, 5.41) is 12.7. The minimum atomic E-state index is 0.000184. The van der Waals surface area contributed by atoms with E-state index in [0.717, 1.165) is 34.2 Å². The maximum Gasteiger partial charge on any atom is 0.261 e. The lowest BCUT2D eigenvalue weighted by Crippen LogP contribution is -2.23. The molecule has 0 spiro atoms. The Kier molecular flexibility index (Phi) is 4.73. The predicted octanol–water partition coefficient (Wildman–Crippen LogP) is 2.79. The van der Waals surface area contributed by atoms with E-state index in [-0.39, 0.29) is 12.5 Å². The van der Waals surface area contributed by atoms with Gasteiger partial charge in [0.25, 0.3) is 5.91 Å². The smallest absolute Gasteiger partial charge is 0.261 e. The van der Waals surface area contributed by atoms with Gasteiger partial charge >= 0.3 is 0 Å². The molecule has 2 N–H and O–H groups in total. The summed E-state index contributed by atoms with van der Waals surface area (Å²) in [6.45, 7) is 0.900. The predicted molar refractivity (Wildman–Crippen MR) is 75.1 cm³/mol. The van der Waals surface area contributed by atoms with Gasteiger partial charge in [0, 0.05) is 17.9 Å². The molecule has 1 amide bonds. The third kappa shape index (κ3) is 3.31. The minimum absolute atomic E-state index is 0.000184. The molecule has 0 saturated carbocycles. The summed E-state index contributed by atoms with van der Waals surface area (Å²) in [7, 11) is 0. The van der Waals surface area contributed by atoms with Crippen LogP contribution in [0, 0.1) is 0 Å². The Morgan fingerprint density at radius 3 is 2.83 bits per heavy atom. The Morgan fingerprint density at radius 2 is 2.06 bits per heavy atom. The van der Waals surface area contributed by atoms with Gasteiger partial charge in [0.2, 0.25) is 0 Å². The standard InChI is InChI=1S/C14H17NO2S/c16-9-5-1-4-8-15-14(17)13-10-11-6-2-3-7-12(11)18-13/h2-3,6-7,10,16H,1,4-5,8-9H2,(H,15,17). The van der Waals surface area contributed by atoms with E-state index in [4.69, 9.17) is 5.11 Å². The maximum atomic E-state index is 11.9. The first-order chi connectivity index (χ1) is 8.81. The summed E-state index contributed by atoms with van der Waals surface area (Å²) < 4.78 is 1.14. The lowest BCUT2D eigenvalue weighted by atomic mass is 10.2. The Balaban J connectivity index is 1.88. The lowest BCUT2D eigenvalue weighted by Gasteiger charge is -2.02. The Labute approximate surface area is 110 Å². The normalized spacial score (nSPS) is 10.7. The number of carbonyl (C=O) groups is 1. The zero-order valence-electron chi connectivity index (χ0n) is 10.2. The summed E-state index contributed by atoms with van der Waals surface area (Å²) in [5.74, 6) is 0.000184. The van der Waals surface area contributed by atoms with Crippen molar-refractivity contribution in [3.05, 3.63) is 35.2 Å². The summed E-state index contributed by atoms with van der Waals surface area (Å²) >= 11 is 1.52. The number of hydrogen-bond donors (Lipinski definition) is 2. The van der Waals surface area contributed by atoms with E-state index in [1.807, 2.05) is 30.3 Å². The number of rotatable bonds is 6. The Bertz CT molecular complexity index is 488. The van der Waals surface area contributed by atoms with E-state index in [9.17, 15) is 4.79 Å². The van der Waals surface area contributed by atoms with Crippen molar-refractivity contribution in [2.45, 2.75) is 19.3 Å². The molecule has 2 aromatic rings. The number of thiophene rings is 1. The van der Waals surface area contributed by atoms with Crippen LogP contribution in [0.25, 0.3) is 10.1 Å². The first kappa shape index (κ1) is 13.1. The molecule has 1 aromatic carbocycles. The first-order valence-electron chi connectivity index (χ1n) is 6.19. The fourth-order valence-electron chi connectivity index (χ4n) is 1.80. The molecule has 96 valence electrons. The van der Waals surface area contributed by atoms with Crippen LogP contribution in [-0.2, 0) is 0 Å². The zero-order chi connectivity index (χ0) is 12.8. The van der Waals surface area contributed by atoms with Crippen LogP contribution < -0.4 is 5.32 Å². The summed E-state index contributed by atoms with van der Waals surface area (Å²) in [5.41, 5.74) is 0. The summed E-state index contributed by atoms with van der Waals surface area (Å²) in [6, 6.07) is 9.94. The molecule has 0 aliphatic rings. The highest BCUT2D eigenvalue weighted by Crippen LogP contribution is 2.24. The van der Waals surface area contributed by atoms with Crippen molar-refractivity contribution < 1.29 is 9.90 Å². The van der Waals surface area contributed by atoms with Gasteiger partial charge in [0.05, 0.1) is 4.88 Å². The summed E-state index contributed by atoms with van der Waals surface area (Å²) in [6.07, 6.45) is 2.67. The zero-order valence-corrected chi connectivity index (χ0v) is 11.0. The highest BCUT2D eigenvalue weighted by Gasteiger charge is 2.08. The number of nitrogens with one attached hydrogen (secondary N) is 1. The Morgan fingerprint density at radius 1 is 1.22 bits per heavy atom. The van der Waals surface area contributed by atoms with Crippen LogP contribution in [0.2, 0.25) is 0 Å². The van der Waals surface area contributed by atoms with Crippen LogP contribution in [0.1, 0.15) is 28.9 Å². The van der Waals surface area contributed by atoms with Crippen molar-refractivity contribution in [1.29, 1.82) is 0 Å². The monoisotopic (exact) mass is 263 g/mol. The number of unbranched alkanes of at least 4 members (excludes halogenated alkanes) is 2. The van der Waals surface area contributed by atoms with Crippen LogP contribution in [-0.4, -0.2) is 24.2 Å². The van der Waals surface area contributed by atoms with Crippen LogP contribution in [0.15, 0.2) is 30.3 Å². The van der Waals surface area contributed by atoms with E-state index in [1.54, 1.807) is 0 Å². The van der Waals surface area contributed by atoms with Crippen molar-refractivity contribution in [3.8, 4) is 0 Å². The number of fused-ring (bicyclic) bond motifs is 1. The van der Waals surface area contributed by atoms with Crippen molar-refractivity contribution in [3.63, 3.8) is 0 Å². The molecule has 0 unspecified atom stereocenters. The van der Waals surface area contributed by atoms with Crippen LogP contribution in [0.3, 0.4) is 0 Å². The van der Waals surface area contributed by atoms with Gasteiger partial charge in [-0.1, -0.05) is 18.2 Å². The van der Waals surface area contributed by atoms with Gasteiger partial charge < -0.3 is 10.4 Å². The number of hydrogen-bond acceptors (Lipinski definition) is 3. The average Bonchev–Trinajstić information content (AvgIpc) is 2.82. The second kappa shape index (κ2) is 6.52. The topological polar surface area (TPSA) is 49.3 Å². The second-order valence-corrected chi connectivity index (χ2v) is 5.27. The maximum absolute atomic E-state index is 11.9. The minimum Gasteiger partial charge on any atom is -0.396 e. The van der Waals surface area contributed by atoms with Gasteiger partial charge in [-0.15, -0.1) is 11.3 Å². The molecule has 0 aliphatic heterocycles. The van der Waals surface area contributed by atoms with Gasteiger partial charge in [-0.25, -0.2) is 0 Å². The van der Waals surface area contributed by atoms with E-state index in [1.165, 1.54) is 11.3 Å².